The number of rotatable bonds is 7. The van der Waals surface area contributed by atoms with Gasteiger partial charge in [0.2, 0.25) is 5.41 Å². The third kappa shape index (κ3) is 3.16. The van der Waals surface area contributed by atoms with E-state index in [1.165, 1.54) is 21.3 Å². The molecule has 6 heteroatoms. The van der Waals surface area contributed by atoms with Crippen molar-refractivity contribution in [2.75, 3.05) is 27.9 Å². The molecule has 0 rings (SSSR count). The number of aliphatic hydroxyl groups is 1. The molecule has 78 valence electrons. The second kappa shape index (κ2) is 6.22. The van der Waals surface area contributed by atoms with Crippen molar-refractivity contribution in [3.63, 3.8) is 0 Å². The van der Waals surface area contributed by atoms with Crippen LogP contribution < -0.4 is 0 Å². The zero-order valence-corrected chi connectivity index (χ0v) is 9.20. The lowest BCUT2D eigenvalue weighted by Crippen LogP contribution is -2.51. The molecule has 0 atom stereocenters. The summed E-state index contributed by atoms with van der Waals surface area (Å²) in [5.74, 6) is 0. The largest absolute Gasteiger partial charge is 0.573 e. The van der Waals surface area contributed by atoms with Crippen LogP contribution in [0, 0.1) is 0 Å². The van der Waals surface area contributed by atoms with Gasteiger partial charge in [0.1, 0.15) is 0 Å². The van der Waals surface area contributed by atoms with Crippen molar-refractivity contribution < 1.29 is 23.2 Å². The molecule has 0 aromatic heterocycles. The van der Waals surface area contributed by atoms with Gasteiger partial charge in [-0.05, 0) is 6.42 Å². The average Bonchev–Trinajstić information content (AvgIpc) is 2.18. The van der Waals surface area contributed by atoms with Gasteiger partial charge in [-0.15, -0.1) is 0 Å². The summed E-state index contributed by atoms with van der Waals surface area (Å²) in [5, 5.41) is 8.34. The summed E-state index contributed by atoms with van der Waals surface area (Å²) < 4.78 is 14.9. The van der Waals surface area contributed by atoms with E-state index in [1.54, 1.807) is 0 Å². The van der Waals surface area contributed by atoms with E-state index in [1.807, 2.05) is 0 Å². The zero-order chi connectivity index (χ0) is 10.3. The maximum atomic E-state index is 11.5. The molecule has 0 spiro atoms. The first-order valence-electron chi connectivity index (χ1n) is 3.96. The molecule has 0 aliphatic carbocycles. The minimum Gasteiger partial charge on any atom is -0.396 e. The van der Waals surface area contributed by atoms with Gasteiger partial charge in [0, 0.05) is 34.4 Å². The Morgan fingerprint density at radius 3 is 2.00 bits per heavy atom. The monoisotopic (exact) mass is 208 g/mol. The van der Waals surface area contributed by atoms with E-state index in [0.29, 0.717) is 6.42 Å². The lowest BCUT2D eigenvalue weighted by Gasteiger charge is -2.22. The Hall–Kier alpha value is -0.273. The minimum atomic E-state index is -3.11. The van der Waals surface area contributed by atoms with Crippen molar-refractivity contribution in [1.82, 2.24) is 0 Å². The Labute approximate surface area is 79.0 Å². The molecule has 0 radical (unpaired) electrons. The number of carbonyl (C=O) groups excluding carboxylic acids is 1. The van der Waals surface area contributed by atoms with Crippen molar-refractivity contribution in [2.24, 2.45) is 0 Å². The maximum Gasteiger partial charge on any atom is 0.573 e. The SMILES string of the molecule is CO[Si](OC)(OC)C(=O)CCCO. The highest BCUT2D eigenvalue weighted by Crippen LogP contribution is 2.10. The van der Waals surface area contributed by atoms with Crippen LogP contribution in [0.25, 0.3) is 0 Å². The Kier molecular flexibility index (Phi) is 6.09. The van der Waals surface area contributed by atoms with E-state index >= 15 is 0 Å². The first-order chi connectivity index (χ1) is 6.16. The Morgan fingerprint density at radius 2 is 1.69 bits per heavy atom. The smallest absolute Gasteiger partial charge is 0.396 e. The second-order valence-electron chi connectivity index (χ2n) is 2.42. The summed E-state index contributed by atoms with van der Waals surface area (Å²) in [7, 11) is 1.05. The highest BCUT2D eigenvalue weighted by atomic mass is 28.4. The normalized spacial score (nSPS) is 11.7. The number of aliphatic hydroxyl groups excluding tert-OH is 1. The van der Waals surface area contributed by atoms with Gasteiger partial charge < -0.3 is 18.4 Å². The summed E-state index contributed by atoms with van der Waals surface area (Å²) in [5.41, 5.74) is 0. The van der Waals surface area contributed by atoms with E-state index in [9.17, 15) is 4.79 Å². The average molecular weight is 208 g/mol. The molecule has 0 amide bonds. The van der Waals surface area contributed by atoms with Crippen molar-refractivity contribution >= 4 is 14.2 Å². The van der Waals surface area contributed by atoms with Crippen molar-refractivity contribution in [3.05, 3.63) is 0 Å². The van der Waals surface area contributed by atoms with Gasteiger partial charge in [-0.3, -0.25) is 4.79 Å². The molecular weight excluding hydrogens is 192 g/mol. The van der Waals surface area contributed by atoms with E-state index in [0.717, 1.165) is 0 Å². The zero-order valence-electron chi connectivity index (χ0n) is 8.20. The topological polar surface area (TPSA) is 65.0 Å². The maximum absolute atomic E-state index is 11.5. The fourth-order valence-electron chi connectivity index (χ4n) is 0.984. The molecule has 1 N–H and O–H groups in total. The van der Waals surface area contributed by atoms with Crippen LogP contribution in [0.15, 0.2) is 0 Å². The standard InChI is InChI=1S/C7H16O5Si/c1-10-13(11-2,12-3)7(9)5-4-6-8/h8H,4-6H2,1-3H3. The van der Waals surface area contributed by atoms with Gasteiger partial charge >= 0.3 is 8.80 Å². The van der Waals surface area contributed by atoms with Gasteiger partial charge in [0.15, 0.2) is 0 Å². The molecule has 0 saturated heterocycles. The fraction of sp³-hybridized carbons (Fsp3) is 0.857. The first-order valence-corrected chi connectivity index (χ1v) is 5.69. The van der Waals surface area contributed by atoms with Crippen LogP contribution >= 0.6 is 0 Å². The lowest BCUT2D eigenvalue weighted by atomic mass is 10.3. The fourth-order valence-corrected chi connectivity index (χ4v) is 2.65. The molecule has 0 aromatic carbocycles. The third-order valence-electron chi connectivity index (χ3n) is 1.71. The van der Waals surface area contributed by atoms with Crippen LogP contribution in [-0.2, 0) is 18.1 Å². The highest BCUT2D eigenvalue weighted by molar-refractivity contribution is 6.92. The van der Waals surface area contributed by atoms with Crippen LogP contribution in [0.2, 0.25) is 0 Å². The van der Waals surface area contributed by atoms with Crippen molar-refractivity contribution in [2.45, 2.75) is 12.8 Å². The predicted octanol–water partition coefficient (Wildman–Crippen LogP) is -0.255. The molecule has 0 saturated carbocycles. The van der Waals surface area contributed by atoms with Crippen molar-refractivity contribution in [1.29, 1.82) is 0 Å². The van der Waals surface area contributed by atoms with Crippen LogP contribution in [-0.4, -0.2) is 47.3 Å². The van der Waals surface area contributed by atoms with Crippen LogP contribution in [0.4, 0.5) is 0 Å². The van der Waals surface area contributed by atoms with Gasteiger partial charge in [0.25, 0.3) is 0 Å². The number of hydrogen-bond donors (Lipinski definition) is 1. The molecule has 0 bridgehead atoms. The third-order valence-corrected chi connectivity index (χ3v) is 4.26. The summed E-state index contributed by atoms with van der Waals surface area (Å²) >= 11 is 0. The summed E-state index contributed by atoms with van der Waals surface area (Å²) in [4.78, 5) is 11.5. The Balaban J connectivity index is 4.26. The van der Waals surface area contributed by atoms with Gasteiger partial charge in [0.05, 0.1) is 0 Å². The van der Waals surface area contributed by atoms with Gasteiger partial charge in [-0.25, -0.2) is 0 Å². The molecule has 0 aliphatic heterocycles. The molecule has 0 unspecified atom stereocenters. The second-order valence-corrected chi connectivity index (χ2v) is 5.31. The van der Waals surface area contributed by atoms with E-state index < -0.39 is 8.80 Å². The van der Waals surface area contributed by atoms with Crippen LogP contribution in [0.1, 0.15) is 12.8 Å². The van der Waals surface area contributed by atoms with E-state index in [4.69, 9.17) is 18.4 Å². The molecule has 0 heterocycles. The van der Waals surface area contributed by atoms with Gasteiger partial charge in [-0.1, -0.05) is 0 Å². The molecule has 0 fully saturated rings. The van der Waals surface area contributed by atoms with Gasteiger partial charge in [-0.2, -0.15) is 0 Å². The molecule has 0 aliphatic rings. The summed E-state index contributed by atoms with van der Waals surface area (Å²) in [6.07, 6.45) is 0.627. The molecule has 5 nitrogen and oxygen atoms in total. The molecular formula is C7H16O5Si. The van der Waals surface area contributed by atoms with Crippen molar-refractivity contribution in [3.8, 4) is 0 Å². The Bertz CT molecular complexity index is 149. The summed E-state index contributed by atoms with van der Waals surface area (Å²) in [6.45, 7) is -0.0205. The quantitative estimate of drug-likeness (QED) is 0.584. The minimum absolute atomic E-state index is 0.0205. The molecule has 0 aromatic rings. The number of hydrogen-bond acceptors (Lipinski definition) is 5. The van der Waals surface area contributed by atoms with Crippen LogP contribution in [0.3, 0.4) is 0 Å². The first kappa shape index (κ1) is 12.7. The summed E-state index contributed by atoms with van der Waals surface area (Å²) in [6, 6.07) is 0. The van der Waals surface area contributed by atoms with Crippen LogP contribution in [0.5, 0.6) is 0 Å². The lowest BCUT2D eigenvalue weighted by molar-refractivity contribution is -0.118. The molecule has 13 heavy (non-hydrogen) atoms. The van der Waals surface area contributed by atoms with E-state index in [2.05, 4.69) is 0 Å². The van der Waals surface area contributed by atoms with E-state index in [-0.39, 0.29) is 18.4 Å². The Morgan fingerprint density at radius 1 is 1.23 bits per heavy atom. The predicted molar refractivity (Wildman–Crippen MR) is 48.1 cm³/mol. The number of carbonyl (C=O) groups is 1. The highest BCUT2D eigenvalue weighted by Gasteiger charge is 2.46.